The van der Waals surface area contributed by atoms with E-state index in [0.717, 1.165) is 18.5 Å². The molecule has 17 heavy (non-hydrogen) atoms. The van der Waals surface area contributed by atoms with Gasteiger partial charge in [0.1, 0.15) is 0 Å². The van der Waals surface area contributed by atoms with E-state index in [9.17, 15) is 18.0 Å². The van der Waals surface area contributed by atoms with E-state index < -0.39 is 29.5 Å². The number of halogens is 3. The first-order chi connectivity index (χ1) is 7.75. The van der Waals surface area contributed by atoms with Crippen LogP contribution in [0, 0.1) is 5.92 Å². The molecule has 1 aromatic heterocycles. The van der Waals surface area contributed by atoms with Gasteiger partial charge in [-0.05, 0) is 17.5 Å². The number of carboxylic acid groups (broad SMARTS) is 1. The highest BCUT2D eigenvalue weighted by atomic mass is 19.4. The molecule has 3 nitrogen and oxygen atoms in total. The quantitative estimate of drug-likeness (QED) is 0.893. The first-order valence-corrected chi connectivity index (χ1v) is 4.99. The number of nitrogens with zero attached hydrogens (tertiary/aromatic N) is 1. The number of carbonyl (C=O) groups is 1. The Bertz CT molecular complexity index is 415. The minimum atomic E-state index is -4.57. The number of pyridine rings is 1. The van der Waals surface area contributed by atoms with Crippen LogP contribution in [0.25, 0.3) is 0 Å². The molecule has 0 bridgehead atoms. The molecule has 0 saturated heterocycles. The van der Waals surface area contributed by atoms with E-state index in [2.05, 4.69) is 4.98 Å². The van der Waals surface area contributed by atoms with Gasteiger partial charge in [-0.1, -0.05) is 13.8 Å². The Morgan fingerprint density at radius 3 is 2.41 bits per heavy atom. The molecule has 0 radical (unpaired) electrons. The minimum Gasteiger partial charge on any atom is -0.481 e. The average molecular weight is 247 g/mol. The van der Waals surface area contributed by atoms with Crippen molar-refractivity contribution >= 4 is 5.97 Å². The van der Waals surface area contributed by atoms with Crippen molar-refractivity contribution < 1.29 is 23.1 Å². The molecule has 6 heteroatoms. The maximum absolute atomic E-state index is 12.7. The lowest BCUT2D eigenvalue weighted by molar-refractivity contribution is -0.142. The van der Waals surface area contributed by atoms with Crippen molar-refractivity contribution in [3.8, 4) is 0 Å². The van der Waals surface area contributed by atoms with Crippen molar-refractivity contribution in [3.05, 3.63) is 29.6 Å². The Hall–Kier alpha value is -1.59. The number of alkyl halides is 3. The molecule has 1 aromatic rings. The summed E-state index contributed by atoms with van der Waals surface area (Å²) in [7, 11) is 0. The van der Waals surface area contributed by atoms with Gasteiger partial charge in [0.2, 0.25) is 0 Å². The van der Waals surface area contributed by atoms with E-state index >= 15 is 0 Å². The van der Waals surface area contributed by atoms with Gasteiger partial charge in [0, 0.05) is 12.4 Å². The zero-order valence-electron chi connectivity index (χ0n) is 9.32. The molecule has 94 valence electrons. The lowest BCUT2D eigenvalue weighted by Crippen LogP contribution is -2.22. The maximum Gasteiger partial charge on any atom is 0.416 e. The van der Waals surface area contributed by atoms with Crippen LogP contribution in [0.1, 0.15) is 30.9 Å². The van der Waals surface area contributed by atoms with E-state index in [1.54, 1.807) is 13.8 Å². The third-order valence-electron chi connectivity index (χ3n) is 2.43. The SMILES string of the molecule is CC(C)C(C(=O)O)c1cnccc1C(F)(F)F. The second kappa shape index (κ2) is 4.73. The van der Waals surface area contributed by atoms with Gasteiger partial charge in [-0.2, -0.15) is 13.2 Å². The van der Waals surface area contributed by atoms with Crippen LogP contribution in [0.4, 0.5) is 13.2 Å². The molecule has 0 aliphatic heterocycles. The first-order valence-electron chi connectivity index (χ1n) is 4.99. The number of aliphatic carboxylic acids is 1. The summed E-state index contributed by atoms with van der Waals surface area (Å²) >= 11 is 0. The summed E-state index contributed by atoms with van der Waals surface area (Å²) in [6.45, 7) is 3.12. The largest absolute Gasteiger partial charge is 0.481 e. The number of hydrogen-bond acceptors (Lipinski definition) is 2. The molecule has 1 rings (SSSR count). The molecule has 1 N–H and O–H groups in total. The van der Waals surface area contributed by atoms with Gasteiger partial charge < -0.3 is 5.11 Å². The zero-order chi connectivity index (χ0) is 13.2. The van der Waals surface area contributed by atoms with Gasteiger partial charge in [-0.15, -0.1) is 0 Å². The first kappa shape index (κ1) is 13.5. The molecule has 0 aromatic carbocycles. The Labute approximate surface area is 96.3 Å². The molecule has 1 atom stereocenters. The predicted octanol–water partition coefficient (Wildman–Crippen LogP) is 2.92. The number of rotatable bonds is 3. The zero-order valence-corrected chi connectivity index (χ0v) is 9.32. The second-order valence-electron chi connectivity index (χ2n) is 4.02. The highest BCUT2D eigenvalue weighted by molar-refractivity contribution is 5.77. The Kier molecular flexibility index (Phi) is 3.75. The lowest BCUT2D eigenvalue weighted by Gasteiger charge is -2.20. The molecule has 0 spiro atoms. The summed E-state index contributed by atoms with van der Waals surface area (Å²) in [6.07, 6.45) is -2.59. The number of carboxylic acids is 1. The molecule has 1 unspecified atom stereocenters. The van der Waals surface area contributed by atoms with Crippen LogP contribution in [-0.2, 0) is 11.0 Å². The normalized spacial score (nSPS) is 13.8. The van der Waals surface area contributed by atoms with Crippen molar-refractivity contribution in [3.63, 3.8) is 0 Å². The van der Waals surface area contributed by atoms with Crippen molar-refractivity contribution in [1.29, 1.82) is 0 Å². The van der Waals surface area contributed by atoms with Gasteiger partial charge >= 0.3 is 12.1 Å². The fourth-order valence-electron chi connectivity index (χ4n) is 1.69. The van der Waals surface area contributed by atoms with Crippen LogP contribution < -0.4 is 0 Å². The van der Waals surface area contributed by atoms with Crippen molar-refractivity contribution in [1.82, 2.24) is 4.98 Å². The van der Waals surface area contributed by atoms with E-state index in [1.165, 1.54) is 0 Å². The number of aromatic nitrogens is 1. The predicted molar refractivity (Wildman–Crippen MR) is 54.5 cm³/mol. The molecule has 0 fully saturated rings. The molecule has 0 aliphatic rings. The van der Waals surface area contributed by atoms with Crippen LogP contribution in [0.2, 0.25) is 0 Å². The Balaban J connectivity index is 3.34. The Morgan fingerprint density at radius 1 is 1.41 bits per heavy atom. The molecular formula is C11H12F3NO2. The number of hydrogen-bond donors (Lipinski definition) is 1. The molecule has 0 amide bonds. The van der Waals surface area contributed by atoms with E-state index in [0.29, 0.717) is 0 Å². The minimum absolute atomic E-state index is 0.289. The third kappa shape index (κ3) is 2.95. The van der Waals surface area contributed by atoms with E-state index in [4.69, 9.17) is 5.11 Å². The molecule has 0 saturated carbocycles. The smallest absolute Gasteiger partial charge is 0.416 e. The van der Waals surface area contributed by atoms with Crippen molar-refractivity contribution in [2.45, 2.75) is 25.9 Å². The highest BCUT2D eigenvalue weighted by Crippen LogP contribution is 2.37. The highest BCUT2D eigenvalue weighted by Gasteiger charge is 2.37. The topological polar surface area (TPSA) is 50.2 Å². The Morgan fingerprint density at radius 2 is 2.00 bits per heavy atom. The second-order valence-corrected chi connectivity index (χ2v) is 4.02. The summed E-state index contributed by atoms with van der Waals surface area (Å²) in [5.74, 6) is -2.93. The fraction of sp³-hybridized carbons (Fsp3) is 0.455. The standard InChI is InChI=1S/C11H12F3NO2/c1-6(2)9(10(16)17)7-5-15-4-3-8(7)11(12,13)14/h3-6,9H,1-2H3,(H,16,17). The molecule has 1 heterocycles. The van der Waals surface area contributed by atoms with Gasteiger partial charge in [0.15, 0.2) is 0 Å². The van der Waals surface area contributed by atoms with Crippen LogP contribution in [-0.4, -0.2) is 16.1 Å². The van der Waals surface area contributed by atoms with E-state index in [1.807, 2.05) is 0 Å². The lowest BCUT2D eigenvalue weighted by atomic mass is 9.86. The van der Waals surface area contributed by atoms with Crippen LogP contribution in [0.15, 0.2) is 18.5 Å². The monoisotopic (exact) mass is 247 g/mol. The van der Waals surface area contributed by atoms with Crippen molar-refractivity contribution in [2.75, 3.05) is 0 Å². The summed E-state index contributed by atoms with van der Waals surface area (Å²) in [4.78, 5) is 14.6. The molecular weight excluding hydrogens is 235 g/mol. The summed E-state index contributed by atoms with van der Waals surface area (Å²) in [6, 6.07) is 0.799. The fourth-order valence-corrected chi connectivity index (χ4v) is 1.69. The summed E-state index contributed by atoms with van der Waals surface area (Å²) in [5, 5.41) is 8.99. The van der Waals surface area contributed by atoms with Gasteiger partial charge in [-0.3, -0.25) is 9.78 Å². The summed E-state index contributed by atoms with van der Waals surface area (Å²) < 4.78 is 38.1. The maximum atomic E-state index is 12.7. The third-order valence-corrected chi connectivity index (χ3v) is 2.43. The van der Waals surface area contributed by atoms with Crippen LogP contribution >= 0.6 is 0 Å². The van der Waals surface area contributed by atoms with Crippen LogP contribution in [0.3, 0.4) is 0 Å². The van der Waals surface area contributed by atoms with Gasteiger partial charge in [0.25, 0.3) is 0 Å². The van der Waals surface area contributed by atoms with Gasteiger partial charge in [0.05, 0.1) is 11.5 Å². The van der Waals surface area contributed by atoms with E-state index in [-0.39, 0.29) is 5.56 Å². The van der Waals surface area contributed by atoms with Crippen molar-refractivity contribution in [2.24, 2.45) is 5.92 Å². The van der Waals surface area contributed by atoms with Crippen LogP contribution in [0.5, 0.6) is 0 Å². The van der Waals surface area contributed by atoms with Gasteiger partial charge in [-0.25, -0.2) is 0 Å². The summed E-state index contributed by atoms with van der Waals surface area (Å²) in [5.41, 5.74) is -1.23. The average Bonchev–Trinajstić information content (AvgIpc) is 2.15. The molecule has 0 aliphatic carbocycles.